The highest BCUT2D eigenvalue weighted by Gasteiger charge is 2.09. The van der Waals surface area contributed by atoms with Crippen molar-refractivity contribution in [2.45, 2.75) is 0 Å². The molecular formula is C17H20N6O2. The van der Waals surface area contributed by atoms with Gasteiger partial charge in [-0.05, 0) is 29.8 Å². The molecular weight excluding hydrogens is 320 g/mol. The maximum Gasteiger partial charge on any atom is 0.248 e. The molecule has 130 valence electrons. The zero-order valence-electron chi connectivity index (χ0n) is 13.7. The number of ether oxygens (including phenoxy) is 1. The lowest BCUT2D eigenvalue weighted by molar-refractivity contribution is 0.1000. The van der Waals surface area contributed by atoms with Gasteiger partial charge in [0.1, 0.15) is 18.2 Å². The van der Waals surface area contributed by atoms with Crippen LogP contribution in [0.4, 0.5) is 5.82 Å². The minimum absolute atomic E-state index is 0.370. The summed E-state index contributed by atoms with van der Waals surface area (Å²) >= 11 is 0. The number of aromatic amines is 1. The molecule has 8 nitrogen and oxygen atoms in total. The second-order valence-electron chi connectivity index (χ2n) is 5.45. The van der Waals surface area contributed by atoms with Gasteiger partial charge in [0.2, 0.25) is 5.91 Å². The second kappa shape index (κ2) is 8.11. The van der Waals surface area contributed by atoms with Crippen LogP contribution in [0.3, 0.4) is 0 Å². The van der Waals surface area contributed by atoms with Crippen LogP contribution in [-0.4, -0.2) is 47.3 Å². The van der Waals surface area contributed by atoms with E-state index >= 15 is 0 Å². The van der Waals surface area contributed by atoms with Gasteiger partial charge in [-0.15, -0.1) is 0 Å². The Kier molecular flexibility index (Phi) is 5.43. The summed E-state index contributed by atoms with van der Waals surface area (Å²) in [5.41, 5.74) is 7.28. The van der Waals surface area contributed by atoms with Crippen molar-refractivity contribution in [2.24, 2.45) is 5.73 Å². The molecule has 0 radical (unpaired) electrons. The second-order valence-corrected chi connectivity index (χ2v) is 5.45. The van der Waals surface area contributed by atoms with Gasteiger partial charge < -0.3 is 21.1 Å². The Morgan fingerprint density at radius 3 is 2.92 bits per heavy atom. The first-order chi connectivity index (χ1) is 12.2. The minimum Gasteiger partial charge on any atom is -0.492 e. The van der Waals surface area contributed by atoms with Crippen molar-refractivity contribution in [3.05, 3.63) is 48.4 Å². The SMILES string of the molecule is NC(=O)c1cc2cc(c1)-c1cn[nH]ccc(nc1)NCCNCCO2. The molecule has 4 bridgehead atoms. The van der Waals surface area contributed by atoms with Gasteiger partial charge in [0, 0.05) is 43.2 Å². The summed E-state index contributed by atoms with van der Waals surface area (Å²) in [4.78, 5) is 16.1. The van der Waals surface area contributed by atoms with Crippen LogP contribution in [0.15, 0.2) is 42.9 Å². The summed E-state index contributed by atoms with van der Waals surface area (Å²) in [5.74, 6) is 0.766. The standard InChI is InChI=1S/C17H20N6O2/c18-17(24)13-7-12-8-15(9-13)25-6-5-19-3-4-20-16-1-2-22-23-11-14(12)10-21-16/h1-2,7-11,19,22H,3-6H2,(H2,18,24)(H,20,21). The van der Waals surface area contributed by atoms with E-state index in [9.17, 15) is 4.79 Å². The van der Waals surface area contributed by atoms with Crippen LogP contribution < -0.4 is 21.1 Å². The molecule has 3 rings (SSSR count). The Morgan fingerprint density at radius 1 is 1.12 bits per heavy atom. The average molecular weight is 340 g/mol. The molecule has 1 aromatic carbocycles. The predicted octanol–water partition coefficient (Wildman–Crippen LogP) is 1.09. The Morgan fingerprint density at radius 2 is 2.04 bits per heavy atom. The van der Waals surface area contributed by atoms with E-state index in [-0.39, 0.29) is 0 Å². The van der Waals surface area contributed by atoms with Gasteiger partial charge in [0.15, 0.2) is 0 Å². The third kappa shape index (κ3) is 4.67. The number of carbonyl (C=O) groups is 1. The summed E-state index contributed by atoms with van der Waals surface area (Å²) < 4.78 is 5.74. The number of H-pyrrole nitrogens is 1. The van der Waals surface area contributed by atoms with E-state index in [0.717, 1.165) is 24.2 Å². The molecule has 5 N–H and O–H groups in total. The number of primary amides is 1. The first kappa shape index (κ1) is 16.7. The molecule has 0 saturated heterocycles. The molecule has 2 aromatic rings. The molecule has 0 spiro atoms. The Balaban J connectivity index is 2.13. The summed E-state index contributed by atoms with van der Waals surface area (Å²) in [6, 6.07) is 6.98. The monoisotopic (exact) mass is 340 g/mol. The number of nitrogens with two attached hydrogens (primary N) is 1. The number of nitrogens with zero attached hydrogens (tertiary/aromatic N) is 2. The van der Waals surface area contributed by atoms with E-state index < -0.39 is 5.91 Å². The van der Waals surface area contributed by atoms with Crippen LogP contribution in [0.1, 0.15) is 10.4 Å². The molecule has 0 saturated carbocycles. The lowest BCUT2D eigenvalue weighted by Crippen LogP contribution is -2.26. The van der Waals surface area contributed by atoms with Crippen molar-refractivity contribution < 1.29 is 9.53 Å². The van der Waals surface area contributed by atoms with Crippen LogP contribution in [0.25, 0.3) is 11.1 Å². The fourth-order valence-corrected chi connectivity index (χ4v) is 2.37. The molecule has 25 heavy (non-hydrogen) atoms. The number of aromatic nitrogens is 3. The summed E-state index contributed by atoms with van der Waals surface area (Å²) in [5, 5.41) is 13.4. The predicted molar refractivity (Wildman–Crippen MR) is 94.8 cm³/mol. The maximum absolute atomic E-state index is 11.6. The highest BCUT2D eigenvalue weighted by Crippen LogP contribution is 2.25. The quantitative estimate of drug-likeness (QED) is 0.617. The van der Waals surface area contributed by atoms with Crippen molar-refractivity contribution >= 4 is 11.7 Å². The molecule has 0 fully saturated rings. The van der Waals surface area contributed by atoms with Crippen molar-refractivity contribution in [1.82, 2.24) is 20.5 Å². The van der Waals surface area contributed by atoms with Crippen LogP contribution in [0.5, 0.6) is 5.75 Å². The van der Waals surface area contributed by atoms with E-state index in [1.54, 1.807) is 36.8 Å². The van der Waals surface area contributed by atoms with E-state index in [0.29, 0.717) is 30.3 Å². The summed E-state index contributed by atoms with van der Waals surface area (Å²) in [6.45, 7) is 2.66. The lowest BCUT2D eigenvalue weighted by Gasteiger charge is -2.11. The Labute approximate surface area is 145 Å². The number of nitrogens with one attached hydrogen (secondary N) is 3. The van der Waals surface area contributed by atoms with Gasteiger partial charge >= 0.3 is 0 Å². The lowest BCUT2D eigenvalue weighted by atomic mass is 10.0. The molecule has 2 heterocycles. The van der Waals surface area contributed by atoms with Crippen molar-refractivity contribution in [3.63, 3.8) is 0 Å². The molecule has 0 atom stereocenters. The highest BCUT2D eigenvalue weighted by atomic mass is 16.5. The first-order valence-electron chi connectivity index (χ1n) is 7.98. The van der Waals surface area contributed by atoms with Gasteiger partial charge in [-0.25, -0.2) is 4.98 Å². The van der Waals surface area contributed by atoms with Crippen molar-refractivity contribution in [1.29, 1.82) is 0 Å². The number of hydrogen-bond acceptors (Lipinski definition) is 6. The zero-order chi connectivity index (χ0) is 17.5. The van der Waals surface area contributed by atoms with Gasteiger partial charge in [-0.2, -0.15) is 5.10 Å². The highest BCUT2D eigenvalue weighted by molar-refractivity contribution is 5.94. The normalized spacial score (nSPS) is 13.8. The molecule has 8 heteroatoms. The van der Waals surface area contributed by atoms with Gasteiger partial charge in [0.05, 0.1) is 6.20 Å². The number of fused-ring (bicyclic) bond motifs is 6. The van der Waals surface area contributed by atoms with Gasteiger partial charge in [-0.1, -0.05) is 0 Å². The summed E-state index contributed by atoms with van der Waals surface area (Å²) in [6.07, 6.45) is 5.01. The van der Waals surface area contributed by atoms with Crippen molar-refractivity contribution in [2.75, 3.05) is 31.6 Å². The third-order valence-electron chi connectivity index (χ3n) is 3.62. The summed E-state index contributed by atoms with van der Waals surface area (Å²) in [7, 11) is 0. The fourth-order valence-electron chi connectivity index (χ4n) is 2.37. The van der Waals surface area contributed by atoms with Gasteiger partial charge in [-0.3, -0.25) is 9.89 Å². The molecule has 1 amide bonds. The van der Waals surface area contributed by atoms with Crippen LogP contribution in [-0.2, 0) is 0 Å². The number of hydrogen-bond donors (Lipinski definition) is 4. The molecule has 0 aliphatic carbocycles. The van der Waals surface area contributed by atoms with E-state index in [2.05, 4.69) is 25.8 Å². The number of benzene rings is 1. The van der Waals surface area contributed by atoms with Gasteiger partial charge in [0.25, 0.3) is 0 Å². The number of rotatable bonds is 1. The number of carbonyl (C=O) groups excluding carboxylic acids is 1. The van der Waals surface area contributed by atoms with Crippen LogP contribution in [0, 0.1) is 0 Å². The minimum atomic E-state index is -0.516. The molecule has 1 aromatic heterocycles. The third-order valence-corrected chi connectivity index (χ3v) is 3.62. The smallest absolute Gasteiger partial charge is 0.248 e. The van der Waals surface area contributed by atoms with Crippen molar-refractivity contribution in [3.8, 4) is 16.9 Å². The zero-order valence-corrected chi connectivity index (χ0v) is 13.7. The van der Waals surface area contributed by atoms with Crippen LogP contribution >= 0.6 is 0 Å². The maximum atomic E-state index is 11.6. The van der Waals surface area contributed by atoms with Crippen LogP contribution in [0.2, 0.25) is 0 Å². The Bertz CT molecular complexity index is 803. The number of amides is 1. The van der Waals surface area contributed by atoms with E-state index in [1.165, 1.54) is 0 Å². The topological polar surface area (TPSA) is 118 Å². The average Bonchev–Trinajstić information content (AvgIpc) is 2.72. The largest absolute Gasteiger partial charge is 0.492 e. The molecule has 1 aliphatic rings. The number of anilines is 1. The Hall–Kier alpha value is -3.13. The first-order valence-corrected chi connectivity index (χ1v) is 7.98. The molecule has 0 unspecified atom stereocenters. The fraction of sp³-hybridized carbons (Fsp3) is 0.235. The van der Waals surface area contributed by atoms with E-state index in [4.69, 9.17) is 10.5 Å². The van der Waals surface area contributed by atoms with E-state index in [1.807, 2.05) is 6.07 Å². The molecule has 1 aliphatic heterocycles.